The van der Waals surface area contributed by atoms with Crippen molar-refractivity contribution < 1.29 is 8.78 Å². The number of guanidine groups is 1. The van der Waals surface area contributed by atoms with Crippen LogP contribution in [0.25, 0.3) is 5.69 Å². The molecular formula is C20H22F2IN5. The molecule has 3 aromatic rings. The number of hydrogen-bond acceptors (Lipinski definition) is 2. The van der Waals surface area contributed by atoms with Crippen LogP contribution in [0.1, 0.15) is 24.1 Å². The summed E-state index contributed by atoms with van der Waals surface area (Å²) in [5.74, 6) is -0.656. The summed E-state index contributed by atoms with van der Waals surface area (Å²) in [6.07, 6.45) is 3.61. The van der Waals surface area contributed by atoms with Gasteiger partial charge in [0.1, 0.15) is 11.6 Å². The average molecular weight is 497 g/mol. The highest BCUT2D eigenvalue weighted by atomic mass is 127. The van der Waals surface area contributed by atoms with Gasteiger partial charge in [-0.2, -0.15) is 5.10 Å². The summed E-state index contributed by atoms with van der Waals surface area (Å²) in [5.41, 5.74) is 2.38. The molecule has 148 valence electrons. The Hall–Kier alpha value is -2.49. The highest BCUT2D eigenvalue weighted by Gasteiger charge is 2.13. The number of rotatable bonds is 5. The monoisotopic (exact) mass is 497 g/mol. The first kappa shape index (κ1) is 21.8. The summed E-state index contributed by atoms with van der Waals surface area (Å²) < 4.78 is 28.8. The van der Waals surface area contributed by atoms with Gasteiger partial charge in [0.25, 0.3) is 0 Å². The van der Waals surface area contributed by atoms with Crippen LogP contribution in [0.2, 0.25) is 0 Å². The molecular weight excluding hydrogens is 475 g/mol. The quantitative estimate of drug-likeness (QED) is 0.316. The van der Waals surface area contributed by atoms with Crippen LogP contribution in [-0.2, 0) is 6.54 Å². The van der Waals surface area contributed by atoms with Crippen LogP contribution in [0.5, 0.6) is 0 Å². The molecule has 1 atom stereocenters. The largest absolute Gasteiger partial charge is 0.352 e. The Kier molecular flexibility index (Phi) is 7.91. The van der Waals surface area contributed by atoms with Crippen molar-refractivity contribution in [1.29, 1.82) is 0 Å². The number of benzene rings is 2. The van der Waals surface area contributed by atoms with E-state index in [2.05, 4.69) is 20.7 Å². The van der Waals surface area contributed by atoms with Gasteiger partial charge < -0.3 is 10.6 Å². The van der Waals surface area contributed by atoms with Crippen molar-refractivity contribution in [3.8, 4) is 5.69 Å². The molecule has 8 heteroatoms. The summed E-state index contributed by atoms with van der Waals surface area (Å²) in [4.78, 5) is 4.17. The third-order valence-corrected chi connectivity index (χ3v) is 4.15. The molecule has 1 heterocycles. The van der Waals surface area contributed by atoms with Crippen LogP contribution in [0, 0.1) is 11.6 Å². The van der Waals surface area contributed by atoms with Gasteiger partial charge in [0, 0.05) is 37.6 Å². The normalized spacial score (nSPS) is 12.2. The van der Waals surface area contributed by atoms with Crippen molar-refractivity contribution in [2.24, 2.45) is 4.99 Å². The zero-order valence-corrected chi connectivity index (χ0v) is 17.9. The predicted octanol–water partition coefficient (Wildman–Crippen LogP) is 4.19. The van der Waals surface area contributed by atoms with E-state index in [0.29, 0.717) is 18.1 Å². The van der Waals surface area contributed by atoms with Crippen LogP contribution >= 0.6 is 24.0 Å². The number of hydrogen-bond donors (Lipinski definition) is 2. The molecule has 0 aliphatic heterocycles. The summed E-state index contributed by atoms with van der Waals surface area (Å²) in [6.45, 7) is 2.33. The molecule has 0 aliphatic carbocycles. The number of nitrogens with zero attached hydrogens (tertiary/aromatic N) is 3. The number of nitrogens with one attached hydrogen (secondary N) is 2. The van der Waals surface area contributed by atoms with E-state index in [4.69, 9.17) is 0 Å². The van der Waals surface area contributed by atoms with Crippen LogP contribution in [0.3, 0.4) is 0 Å². The molecule has 0 bridgehead atoms. The Morgan fingerprint density at radius 3 is 2.68 bits per heavy atom. The number of aliphatic imine (C=N–C) groups is 1. The van der Waals surface area contributed by atoms with Gasteiger partial charge in [-0.15, -0.1) is 24.0 Å². The third-order valence-electron chi connectivity index (χ3n) is 4.15. The zero-order valence-electron chi connectivity index (χ0n) is 15.6. The minimum atomic E-state index is -0.594. The van der Waals surface area contributed by atoms with Gasteiger partial charge in [-0.1, -0.05) is 18.2 Å². The maximum Gasteiger partial charge on any atom is 0.191 e. The minimum Gasteiger partial charge on any atom is -0.352 e. The maximum atomic E-state index is 13.9. The van der Waals surface area contributed by atoms with Crippen LogP contribution in [0.15, 0.2) is 65.9 Å². The first-order valence-corrected chi connectivity index (χ1v) is 8.58. The van der Waals surface area contributed by atoms with Gasteiger partial charge in [-0.25, -0.2) is 13.5 Å². The van der Waals surface area contributed by atoms with E-state index in [1.165, 1.54) is 12.1 Å². The second-order valence-corrected chi connectivity index (χ2v) is 6.08. The Morgan fingerprint density at radius 2 is 2.00 bits per heavy atom. The van der Waals surface area contributed by atoms with Gasteiger partial charge in [-0.05, 0) is 36.8 Å². The van der Waals surface area contributed by atoms with Gasteiger partial charge >= 0.3 is 0 Å². The summed E-state index contributed by atoms with van der Waals surface area (Å²) >= 11 is 0. The van der Waals surface area contributed by atoms with E-state index < -0.39 is 11.6 Å². The van der Waals surface area contributed by atoms with E-state index >= 15 is 0 Å². The SMILES string of the molecule is CN=C(NCc1cccc(-n2cccn2)c1)NC(C)c1ccc(F)cc1F.I. The molecule has 3 rings (SSSR count). The van der Waals surface area contributed by atoms with Crippen molar-refractivity contribution in [3.63, 3.8) is 0 Å². The summed E-state index contributed by atoms with van der Waals surface area (Å²) in [5, 5.41) is 10.5. The Morgan fingerprint density at radius 1 is 1.18 bits per heavy atom. The molecule has 0 amide bonds. The Balaban J connectivity index is 0.00000280. The predicted molar refractivity (Wildman–Crippen MR) is 117 cm³/mol. The smallest absolute Gasteiger partial charge is 0.191 e. The Bertz CT molecular complexity index is 928. The molecule has 0 aliphatic rings. The highest BCUT2D eigenvalue weighted by molar-refractivity contribution is 14.0. The van der Waals surface area contributed by atoms with Gasteiger partial charge in [-0.3, -0.25) is 4.99 Å². The topological polar surface area (TPSA) is 54.2 Å². The zero-order chi connectivity index (χ0) is 19.2. The molecule has 5 nitrogen and oxygen atoms in total. The number of aromatic nitrogens is 2. The molecule has 0 spiro atoms. The molecule has 1 unspecified atom stereocenters. The average Bonchev–Trinajstić information content (AvgIpc) is 3.20. The minimum absolute atomic E-state index is 0. The summed E-state index contributed by atoms with van der Waals surface area (Å²) in [7, 11) is 1.64. The van der Waals surface area contributed by atoms with Crippen LogP contribution in [0.4, 0.5) is 8.78 Å². The van der Waals surface area contributed by atoms with E-state index in [-0.39, 0.29) is 30.0 Å². The lowest BCUT2D eigenvalue weighted by atomic mass is 10.1. The lowest BCUT2D eigenvalue weighted by Crippen LogP contribution is -2.38. The fourth-order valence-corrected chi connectivity index (χ4v) is 2.75. The first-order valence-electron chi connectivity index (χ1n) is 8.58. The van der Waals surface area contributed by atoms with Gasteiger partial charge in [0.2, 0.25) is 0 Å². The van der Waals surface area contributed by atoms with Crippen LogP contribution < -0.4 is 10.6 Å². The van der Waals surface area contributed by atoms with E-state index in [1.54, 1.807) is 24.9 Å². The fourth-order valence-electron chi connectivity index (χ4n) is 2.75. The third kappa shape index (κ3) is 5.51. The van der Waals surface area contributed by atoms with Crippen molar-refractivity contribution in [2.75, 3.05) is 7.05 Å². The highest BCUT2D eigenvalue weighted by Crippen LogP contribution is 2.17. The molecule has 0 saturated carbocycles. The molecule has 28 heavy (non-hydrogen) atoms. The van der Waals surface area contributed by atoms with Crippen LogP contribution in [-0.4, -0.2) is 22.8 Å². The standard InChI is InChI=1S/C20H21F2N5.HI/c1-14(18-8-7-16(21)12-19(18)22)26-20(23-2)24-13-15-5-3-6-17(11-15)27-10-4-9-25-27;/h3-12,14H,13H2,1-2H3,(H2,23,24,26);1H. The molecule has 2 N–H and O–H groups in total. The van der Waals surface area contributed by atoms with Crippen molar-refractivity contribution in [3.05, 3.63) is 83.7 Å². The number of halogens is 3. The Labute approximate surface area is 179 Å². The first-order chi connectivity index (χ1) is 13.1. The van der Waals surface area contributed by atoms with E-state index in [0.717, 1.165) is 17.3 Å². The van der Waals surface area contributed by atoms with E-state index in [1.807, 2.05) is 36.5 Å². The molecule has 0 radical (unpaired) electrons. The van der Waals surface area contributed by atoms with Gasteiger partial charge in [0.15, 0.2) is 5.96 Å². The lowest BCUT2D eigenvalue weighted by molar-refractivity contribution is 0.550. The fraction of sp³-hybridized carbons (Fsp3) is 0.200. The van der Waals surface area contributed by atoms with Crippen molar-refractivity contribution in [2.45, 2.75) is 19.5 Å². The maximum absolute atomic E-state index is 13.9. The lowest BCUT2D eigenvalue weighted by Gasteiger charge is -2.19. The summed E-state index contributed by atoms with van der Waals surface area (Å²) in [6, 6.07) is 13.0. The van der Waals surface area contributed by atoms with Crippen molar-refractivity contribution in [1.82, 2.24) is 20.4 Å². The van der Waals surface area contributed by atoms with Crippen molar-refractivity contribution >= 4 is 29.9 Å². The van der Waals surface area contributed by atoms with E-state index in [9.17, 15) is 8.78 Å². The molecule has 1 aromatic heterocycles. The molecule has 0 saturated heterocycles. The molecule has 2 aromatic carbocycles. The second-order valence-electron chi connectivity index (χ2n) is 6.08. The van der Waals surface area contributed by atoms with Gasteiger partial charge in [0.05, 0.1) is 11.7 Å². The second kappa shape index (κ2) is 10.2. The molecule has 0 fully saturated rings.